The molecule has 134 valence electrons. The number of hydrogen-bond donors (Lipinski definition) is 1. The Hall–Kier alpha value is -2.43. The van der Waals surface area contributed by atoms with Gasteiger partial charge in [-0.2, -0.15) is 4.98 Å². The van der Waals surface area contributed by atoms with Crippen molar-refractivity contribution in [1.29, 1.82) is 0 Å². The van der Waals surface area contributed by atoms with Crippen molar-refractivity contribution >= 4 is 5.91 Å². The third-order valence-corrected chi connectivity index (χ3v) is 3.81. The second kappa shape index (κ2) is 8.60. The van der Waals surface area contributed by atoms with E-state index in [1.807, 2.05) is 51.1 Å². The summed E-state index contributed by atoms with van der Waals surface area (Å²) in [5, 5.41) is 2.86. The molecule has 0 fully saturated rings. The first kappa shape index (κ1) is 18.9. The molecule has 0 atom stereocenters. The number of amides is 1. The molecule has 1 heterocycles. The third kappa shape index (κ3) is 5.85. The number of nitrogens with one attached hydrogen (secondary N) is 1. The summed E-state index contributed by atoms with van der Waals surface area (Å²) >= 11 is 0. The van der Waals surface area contributed by atoms with Gasteiger partial charge in [0.15, 0.2) is 6.61 Å². The van der Waals surface area contributed by atoms with Crippen LogP contribution < -0.4 is 10.1 Å². The van der Waals surface area contributed by atoms with Crippen LogP contribution in [0.25, 0.3) is 0 Å². The van der Waals surface area contributed by atoms with Gasteiger partial charge < -0.3 is 10.1 Å². The van der Waals surface area contributed by atoms with Gasteiger partial charge in [-0.1, -0.05) is 57.5 Å². The predicted molar refractivity (Wildman–Crippen MR) is 98.7 cm³/mol. The summed E-state index contributed by atoms with van der Waals surface area (Å²) in [5.41, 5.74) is 3.18. The summed E-state index contributed by atoms with van der Waals surface area (Å²) in [7, 11) is 0. The van der Waals surface area contributed by atoms with Crippen LogP contribution in [0.2, 0.25) is 0 Å². The lowest BCUT2D eigenvalue weighted by atomic mass is 10.1. The van der Waals surface area contributed by atoms with E-state index in [-0.39, 0.29) is 24.3 Å². The van der Waals surface area contributed by atoms with Crippen molar-refractivity contribution in [2.45, 2.75) is 53.0 Å². The van der Waals surface area contributed by atoms with Crippen LogP contribution in [-0.2, 0) is 11.3 Å². The highest BCUT2D eigenvalue weighted by Crippen LogP contribution is 2.20. The quantitative estimate of drug-likeness (QED) is 0.833. The molecule has 1 amide bonds. The second-order valence-corrected chi connectivity index (χ2v) is 6.85. The van der Waals surface area contributed by atoms with Gasteiger partial charge in [-0.15, -0.1) is 0 Å². The highest BCUT2D eigenvalue weighted by Gasteiger charge is 2.12. The van der Waals surface area contributed by atoms with Crippen molar-refractivity contribution in [3.63, 3.8) is 0 Å². The maximum atomic E-state index is 12.0. The van der Waals surface area contributed by atoms with Crippen molar-refractivity contribution in [2.24, 2.45) is 0 Å². The maximum absolute atomic E-state index is 12.0. The van der Waals surface area contributed by atoms with Gasteiger partial charge in [-0.05, 0) is 18.4 Å². The summed E-state index contributed by atoms with van der Waals surface area (Å²) in [4.78, 5) is 21.0. The highest BCUT2D eigenvalue weighted by atomic mass is 16.5. The van der Waals surface area contributed by atoms with Crippen LogP contribution >= 0.6 is 0 Å². The fourth-order valence-corrected chi connectivity index (χ4v) is 2.19. The maximum Gasteiger partial charge on any atom is 0.258 e. The Morgan fingerprint density at radius 1 is 1.08 bits per heavy atom. The normalized spacial score (nSPS) is 11.0. The molecule has 5 nitrogen and oxygen atoms in total. The summed E-state index contributed by atoms with van der Waals surface area (Å²) in [6.45, 7) is 10.7. The number of rotatable bonds is 7. The third-order valence-electron chi connectivity index (χ3n) is 3.81. The fraction of sp³-hybridized carbons (Fsp3) is 0.450. The van der Waals surface area contributed by atoms with Crippen LogP contribution in [0.1, 0.15) is 62.2 Å². The second-order valence-electron chi connectivity index (χ2n) is 6.85. The molecule has 1 N–H and O–H groups in total. The predicted octanol–water partition coefficient (Wildman–Crippen LogP) is 3.73. The number of aryl methyl sites for hydroxylation is 1. The molecule has 0 spiro atoms. The number of carbonyl (C=O) groups is 1. The SMILES string of the molecule is Cc1ccc(CNC(=O)COc2cc(C(C)C)nc(C(C)C)n2)cc1. The minimum Gasteiger partial charge on any atom is -0.467 e. The average molecular weight is 341 g/mol. The van der Waals surface area contributed by atoms with Gasteiger partial charge in [0.25, 0.3) is 5.91 Å². The number of benzene rings is 1. The van der Waals surface area contributed by atoms with Gasteiger partial charge in [0.1, 0.15) is 5.82 Å². The Morgan fingerprint density at radius 2 is 1.76 bits per heavy atom. The molecule has 0 bridgehead atoms. The number of aromatic nitrogens is 2. The zero-order valence-corrected chi connectivity index (χ0v) is 15.7. The van der Waals surface area contributed by atoms with Crippen molar-refractivity contribution < 1.29 is 9.53 Å². The molecule has 25 heavy (non-hydrogen) atoms. The lowest BCUT2D eigenvalue weighted by Crippen LogP contribution is -2.28. The van der Waals surface area contributed by atoms with E-state index in [1.54, 1.807) is 0 Å². The van der Waals surface area contributed by atoms with Gasteiger partial charge in [0.05, 0.1) is 5.69 Å². The summed E-state index contributed by atoms with van der Waals surface area (Å²) in [6.07, 6.45) is 0. The lowest BCUT2D eigenvalue weighted by molar-refractivity contribution is -0.123. The van der Waals surface area contributed by atoms with Crippen LogP contribution in [0.15, 0.2) is 30.3 Å². The molecular formula is C20H27N3O2. The number of hydrogen-bond acceptors (Lipinski definition) is 4. The van der Waals surface area contributed by atoms with E-state index >= 15 is 0 Å². The summed E-state index contributed by atoms with van der Waals surface area (Å²) in [6, 6.07) is 9.87. The Bertz CT molecular complexity index is 683. The van der Waals surface area contributed by atoms with Crippen LogP contribution in [-0.4, -0.2) is 22.5 Å². The molecule has 5 heteroatoms. The van der Waals surface area contributed by atoms with Crippen molar-refractivity contribution in [1.82, 2.24) is 15.3 Å². The molecule has 0 aliphatic rings. The van der Waals surface area contributed by atoms with Crippen LogP contribution in [0.4, 0.5) is 0 Å². The molecule has 0 saturated heterocycles. The van der Waals surface area contributed by atoms with E-state index < -0.39 is 0 Å². The van der Waals surface area contributed by atoms with E-state index in [0.717, 1.165) is 17.1 Å². The molecule has 2 aromatic rings. The van der Waals surface area contributed by atoms with E-state index in [9.17, 15) is 4.79 Å². The molecule has 0 aliphatic carbocycles. The van der Waals surface area contributed by atoms with Gasteiger partial charge in [0, 0.05) is 18.5 Å². The monoisotopic (exact) mass is 341 g/mol. The average Bonchev–Trinajstić information content (AvgIpc) is 2.59. The van der Waals surface area contributed by atoms with E-state index in [1.165, 1.54) is 5.56 Å². The van der Waals surface area contributed by atoms with Gasteiger partial charge >= 0.3 is 0 Å². The largest absolute Gasteiger partial charge is 0.467 e. The van der Waals surface area contributed by atoms with Crippen molar-refractivity contribution in [2.75, 3.05) is 6.61 Å². The number of ether oxygens (including phenoxy) is 1. The number of nitrogens with zero attached hydrogens (tertiary/aromatic N) is 2. The molecule has 1 aromatic heterocycles. The van der Waals surface area contributed by atoms with E-state index in [0.29, 0.717) is 12.4 Å². The fourth-order valence-electron chi connectivity index (χ4n) is 2.19. The van der Waals surface area contributed by atoms with E-state index in [4.69, 9.17) is 4.74 Å². The van der Waals surface area contributed by atoms with Gasteiger partial charge in [-0.3, -0.25) is 4.79 Å². The molecule has 2 rings (SSSR count). The smallest absolute Gasteiger partial charge is 0.258 e. The van der Waals surface area contributed by atoms with Crippen LogP contribution in [0.5, 0.6) is 5.88 Å². The minimum absolute atomic E-state index is 0.0576. The van der Waals surface area contributed by atoms with Crippen molar-refractivity contribution in [3.8, 4) is 5.88 Å². The Balaban J connectivity index is 1.93. The first-order valence-corrected chi connectivity index (χ1v) is 8.69. The topological polar surface area (TPSA) is 64.1 Å². The summed E-state index contributed by atoms with van der Waals surface area (Å²) < 4.78 is 5.59. The Labute approximate surface area is 149 Å². The zero-order chi connectivity index (χ0) is 18.4. The first-order valence-electron chi connectivity index (χ1n) is 8.69. The minimum atomic E-state index is -0.170. The van der Waals surface area contributed by atoms with Gasteiger partial charge in [-0.25, -0.2) is 4.98 Å². The van der Waals surface area contributed by atoms with Gasteiger partial charge in [0.2, 0.25) is 5.88 Å². The highest BCUT2D eigenvalue weighted by molar-refractivity contribution is 5.77. The van der Waals surface area contributed by atoms with E-state index in [2.05, 4.69) is 29.1 Å². The Morgan fingerprint density at radius 3 is 2.36 bits per heavy atom. The molecular weight excluding hydrogens is 314 g/mol. The molecule has 0 radical (unpaired) electrons. The molecule has 0 saturated carbocycles. The number of carbonyl (C=O) groups excluding carboxylic acids is 1. The summed E-state index contributed by atoms with van der Waals surface area (Å²) in [5.74, 6) is 1.50. The van der Waals surface area contributed by atoms with Crippen LogP contribution in [0, 0.1) is 6.92 Å². The van der Waals surface area contributed by atoms with Crippen LogP contribution in [0.3, 0.4) is 0 Å². The molecule has 0 aliphatic heterocycles. The molecule has 0 unspecified atom stereocenters. The standard InChI is InChI=1S/C20H27N3O2/c1-13(2)17-10-19(23-20(22-17)14(3)4)25-12-18(24)21-11-16-8-6-15(5)7-9-16/h6-10,13-14H,11-12H2,1-5H3,(H,21,24). The first-order chi connectivity index (χ1) is 11.8. The molecule has 1 aromatic carbocycles. The zero-order valence-electron chi connectivity index (χ0n) is 15.7. The Kier molecular flexibility index (Phi) is 6.51. The lowest BCUT2D eigenvalue weighted by Gasteiger charge is -2.13. The van der Waals surface area contributed by atoms with Crippen molar-refractivity contribution in [3.05, 3.63) is 53.0 Å².